The van der Waals surface area contributed by atoms with Crippen molar-refractivity contribution in [1.29, 1.82) is 0 Å². The second-order valence-corrected chi connectivity index (χ2v) is 33.1. The van der Waals surface area contributed by atoms with Crippen LogP contribution in [-0.4, -0.2) is 20.4 Å². The van der Waals surface area contributed by atoms with Crippen molar-refractivity contribution in [2.75, 3.05) is 9.80 Å². The van der Waals surface area contributed by atoms with Gasteiger partial charge in [-0.05, 0) is 177 Å². The van der Waals surface area contributed by atoms with Crippen LogP contribution in [0.5, 0.6) is 0 Å². The molecule has 2 aliphatic heterocycles. The normalized spacial score (nSPS) is 13.0. The molecule has 2 aliphatic rings. The Balaban J connectivity index is 0.903. The highest BCUT2D eigenvalue weighted by molar-refractivity contribution is 7.00. The Hall–Kier alpha value is -13.7. The maximum atomic E-state index is 2.75. The molecule has 6 heteroatoms. The number of fused-ring (bicyclic) bond motifs is 11. The molecule has 0 amide bonds. The third-order valence-electron chi connectivity index (χ3n) is 24.8. The highest BCUT2D eigenvalue weighted by Gasteiger charge is 2.46. The third kappa shape index (κ3) is 9.33. The first-order chi connectivity index (χ1) is 54.9. The topological polar surface area (TPSA) is 21.3 Å². The van der Waals surface area contributed by atoms with E-state index >= 15 is 0 Å². The van der Waals surface area contributed by atoms with E-state index in [2.05, 4.69) is 417 Å². The summed E-state index contributed by atoms with van der Waals surface area (Å²) in [6, 6.07) is 135. The second kappa shape index (κ2) is 23.9. The van der Waals surface area contributed by atoms with Crippen molar-refractivity contribution < 1.29 is 0 Å². The summed E-state index contributed by atoms with van der Waals surface area (Å²) in [7, 11) is 0. The molecule has 112 heavy (non-hydrogen) atoms. The minimum absolute atomic E-state index is 0.0544. The molecule has 0 aliphatic carbocycles. The molecule has 0 N–H and O–H groups in total. The molecule has 528 valence electrons. The van der Waals surface area contributed by atoms with E-state index in [1.807, 2.05) is 0 Å². The summed E-state index contributed by atoms with van der Waals surface area (Å²) < 4.78 is 7.66. The molecule has 23 rings (SSSR count). The van der Waals surface area contributed by atoms with E-state index < -0.39 is 0 Å². The minimum Gasteiger partial charge on any atom is -0.310 e. The molecule has 21 aromatic rings. The number of hydrogen-bond acceptors (Lipinski definition) is 2. The van der Waals surface area contributed by atoms with Crippen LogP contribution < -0.4 is 26.2 Å². The Morgan fingerprint density at radius 3 is 1.05 bits per heavy atom. The lowest BCUT2D eigenvalue weighted by Gasteiger charge is -2.46. The van der Waals surface area contributed by atoms with E-state index in [1.54, 1.807) is 0 Å². The lowest BCUT2D eigenvalue weighted by molar-refractivity contribution is 0.590. The van der Waals surface area contributed by atoms with Gasteiger partial charge in [0.1, 0.15) is 0 Å². The molecule has 0 unspecified atom stereocenters. The SMILES string of the molecule is CC(C)(C)c1ccc(-c2cccc(-c3ccccc3)c2N2c3cc(-n4c5ccccc5c5ccccc54)ccc3B3c4ccc(-n5c6ccccc6c6ccccc65)cc4N(c4c(-c5ccc(C(C)(C)C)cc5)cccc4-n4c5ccc6cccc7c8cccc9ccc4c(c98)c5c67)c4cc(-c5ccccc5)cc2c43)cc1. The number of aromatic nitrogens is 3. The minimum atomic E-state index is -0.288. The number of nitrogens with zero attached hydrogens (tertiary/aromatic N) is 5. The fourth-order valence-corrected chi connectivity index (χ4v) is 19.7. The number of benzene rings is 18. The Kier molecular flexibility index (Phi) is 13.7. The van der Waals surface area contributed by atoms with Gasteiger partial charge in [0.2, 0.25) is 0 Å². The molecule has 18 aromatic carbocycles. The molecule has 5 heterocycles. The summed E-state index contributed by atoms with van der Waals surface area (Å²) in [6.45, 7) is 13.6. The average Bonchev–Trinajstić information content (AvgIpc) is 0.925. The van der Waals surface area contributed by atoms with Gasteiger partial charge in [0, 0.05) is 83.1 Å². The van der Waals surface area contributed by atoms with Crippen LogP contribution in [0, 0.1) is 0 Å². The molecule has 0 fully saturated rings. The van der Waals surface area contributed by atoms with Gasteiger partial charge in [-0.1, -0.05) is 315 Å². The zero-order chi connectivity index (χ0) is 74.6. The fraction of sp³-hybridized carbons (Fsp3) is 0.0755. The van der Waals surface area contributed by atoms with Crippen molar-refractivity contribution >= 4 is 155 Å². The van der Waals surface area contributed by atoms with Gasteiger partial charge in [0.05, 0.1) is 50.2 Å². The van der Waals surface area contributed by atoms with Crippen molar-refractivity contribution in [2.24, 2.45) is 0 Å². The van der Waals surface area contributed by atoms with Gasteiger partial charge in [0.25, 0.3) is 6.71 Å². The standard InChI is InChI=1S/C106H76BN5/c1-105(2,3)72-51-45-67(46-52-72)77-36-23-35-76(66-27-11-8-12-28-66)103(77)111-94-63-74(108-87-40-17-13-31-79(87)80-32-14-18-41-88(80)108)55-57-85(94)107-86-58-56-75(109-89-42-19-15-33-81(89)82-34-16-20-43-90(82)109)64-95(86)112(97-62-71(61-96(111)102(97)107)65-25-9-7-10-26-65)104-78(68-47-53-73(54-48-68)106(4,5)6)37-24-44-93(104)110-91-59-49-69-29-21-38-83-84-39-22-30-70-50-60-92(110)101(99(70)84)100(91)98(69)83/h7-64H,1-6H3. The van der Waals surface area contributed by atoms with E-state index in [-0.39, 0.29) is 17.5 Å². The summed E-state index contributed by atoms with van der Waals surface area (Å²) in [4.78, 5) is 5.46. The van der Waals surface area contributed by atoms with Crippen LogP contribution in [0.25, 0.3) is 159 Å². The van der Waals surface area contributed by atoms with Crippen LogP contribution in [0.2, 0.25) is 0 Å². The lowest BCUT2D eigenvalue weighted by Crippen LogP contribution is -2.61. The number of hydrogen-bond donors (Lipinski definition) is 0. The monoisotopic (exact) mass is 1430 g/mol. The molecule has 0 saturated carbocycles. The lowest BCUT2D eigenvalue weighted by atomic mass is 9.33. The van der Waals surface area contributed by atoms with Crippen LogP contribution in [0.1, 0.15) is 52.7 Å². The summed E-state index contributed by atoms with van der Waals surface area (Å²) in [5, 5.41) is 15.1. The zero-order valence-electron chi connectivity index (χ0n) is 63.3. The van der Waals surface area contributed by atoms with Crippen LogP contribution in [0.3, 0.4) is 0 Å². The first-order valence-electron chi connectivity index (χ1n) is 39.4. The first kappa shape index (κ1) is 64.3. The van der Waals surface area contributed by atoms with Crippen molar-refractivity contribution in [1.82, 2.24) is 13.7 Å². The van der Waals surface area contributed by atoms with Gasteiger partial charge in [-0.2, -0.15) is 0 Å². The molecule has 3 aromatic heterocycles. The summed E-state index contributed by atoms with van der Waals surface area (Å²) in [5.74, 6) is 0. The van der Waals surface area contributed by atoms with E-state index in [1.165, 1.54) is 103 Å². The highest BCUT2D eigenvalue weighted by atomic mass is 15.2. The molecular formula is C106H76BN5. The molecule has 0 saturated heterocycles. The Morgan fingerprint density at radius 1 is 0.232 bits per heavy atom. The molecule has 0 radical (unpaired) electrons. The molecule has 0 spiro atoms. The quantitative estimate of drug-likeness (QED) is 0.0816. The van der Waals surface area contributed by atoms with E-state index in [0.29, 0.717) is 0 Å². The molecule has 0 atom stereocenters. The van der Waals surface area contributed by atoms with Gasteiger partial charge in [-0.3, -0.25) is 0 Å². The van der Waals surface area contributed by atoms with Gasteiger partial charge in [-0.15, -0.1) is 0 Å². The Labute approximate surface area is 651 Å². The van der Waals surface area contributed by atoms with Gasteiger partial charge in [0.15, 0.2) is 0 Å². The zero-order valence-corrected chi connectivity index (χ0v) is 63.3. The van der Waals surface area contributed by atoms with Crippen molar-refractivity contribution in [3.05, 3.63) is 363 Å². The average molecular weight is 1430 g/mol. The number of para-hydroxylation sites is 6. The van der Waals surface area contributed by atoms with Gasteiger partial charge < -0.3 is 23.5 Å². The fourth-order valence-electron chi connectivity index (χ4n) is 19.7. The summed E-state index contributed by atoms with van der Waals surface area (Å²) >= 11 is 0. The van der Waals surface area contributed by atoms with Crippen LogP contribution in [0.4, 0.5) is 34.1 Å². The van der Waals surface area contributed by atoms with Gasteiger partial charge >= 0.3 is 0 Å². The summed E-state index contributed by atoms with van der Waals surface area (Å²) in [5.41, 5.74) is 32.0. The van der Waals surface area contributed by atoms with Crippen LogP contribution in [-0.2, 0) is 10.8 Å². The van der Waals surface area contributed by atoms with E-state index in [9.17, 15) is 0 Å². The van der Waals surface area contributed by atoms with Crippen LogP contribution in [0.15, 0.2) is 352 Å². The highest BCUT2D eigenvalue weighted by Crippen LogP contribution is 2.56. The van der Waals surface area contributed by atoms with E-state index in [0.717, 1.165) is 118 Å². The number of anilines is 6. The molecule has 5 nitrogen and oxygen atoms in total. The molecule has 0 bridgehead atoms. The Morgan fingerprint density at radius 2 is 0.607 bits per heavy atom. The molecular weight excluding hydrogens is 1350 g/mol. The largest absolute Gasteiger partial charge is 0.310 e. The maximum absolute atomic E-state index is 2.75. The summed E-state index contributed by atoms with van der Waals surface area (Å²) in [6.07, 6.45) is 0. The van der Waals surface area contributed by atoms with Crippen molar-refractivity contribution in [3.8, 4) is 61.6 Å². The van der Waals surface area contributed by atoms with Crippen molar-refractivity contribution in [3.63, 3.8) is 0 Å². The predicted molar refractivity (Wildman–Crippen MR) is 478 cm³/mol. The first-order valence-corrected chi connectivity index (χ1v) is 39.4. The maximum Gasteiger partial charge on any atom is 0.252 e. The van der Waals surface area contributed by atoms with Crippen LogP contribution >= 0.6 is 0 Å². The number of rotatable bonds is 9. The Bertz CT molecular complexity index is 7240. The smallest absolute Gasteiger partial charge is 0.252 e. The van der Waals surface area contributed by atoms with E-state index in [4.69, 9.17) is 0 Å². The van der Waals surface area contributed by atoms with Gasteiger partial charge in [-0.25, -0.2) is 0 Å². The predicted octanol–water partition coefficient (Wildman–Crippen LogP) is 26.7. The third-order valence-corrected chi connectivity index (χ3v) is 24.8. The van der Waals surface area contributed by atoms with Crippen molar-refractivity contribution in [2.45, 2.75) is 52.4 Å². The second-order valence-electron chi connectivity index (χ2n) is 33.1.